The highest BCUT2D eigenvalue weighted by Crippen LogP contribution is 2.18. The van der Waals surface area contributed by atoms with Crippen LogP contribution >= 0.6 is 0 Å². The average molecular weight is 319 g/mol. The fourth-order valence-corrected chi connectivity index (χ4v) is 3.21. The van der Waals surface area contributed by atoms with Gasteiger partial charge in [-0.3, -0.25) is 0 Å². The lowest BCUT2D eigenvalue weighted by Gasteiger charge is -2.29. The summed E-state index contributed by atoms with van der Waals surface area (Å²) in [5.41, 5.74) is 1.18. The van der Waals surface area contributed by atoms with E-state index in [1.54, 1.807) is 0 Å². The molecule has 1 heterocycles. The molecule has 1 saturated heterocycles. The number of benzene rings is 1. The number of ether oxygens (including phenoxy) is 1. The van der Waals surface area contributed by atoms with Gasteiger partial charge in [0.2, 0.25) is 0 Å². The molecule has 0 aromatic heterocycles. The Bertz CT molecular complexity index is 418. The molecule has 2 unspecified atom stereocenters. The van der Waals surface area contributed by atoms with Gasteiger partial charge in [0.15, 0.2) is 0 Å². The molecular weight excluding hydrogens is 284 g/mol. The second kappa shape index (κ2) is 10.5. The Hall–Kier alpha value is -1.22. The van der Waals surface area contributed by atoms with Crippen molar-refractivity contribution in [1.29, 1.82) is 0 Å². The number of anilines is 1. The van der Waals surface area contributed by atoms with Gasteiger partial charge >= 0.3 is 0 Å². The van der Waals surface area contributed by atoms with Crippen LogP contribution < -0.4 is 15.4 Å². The third-order valence-corrected chi connectivity index (χ3v) is 4.63. The van der Waals surface area contributed by atoms with Crippen molar-refractivity contribution in [1.82, 2.24) is 5.32 Å². The maximum Gasteiger partial charge on any atom is 0.119 e. The highest BCUT2D eigenvalue weighted by Gasteiger charge is 2.16. The van der Waals surface area contributed by atoms with Crippen molar-refractivity contribution in [3.63, 3.8) is 0 Å². The molecule has 3 nitrogen and oxygen atoms in total. The molecule has 1 aliphatic rings. The minimum Gasteiger partial charge on any atom is -0.494 e. The van der Waals surface area contributed by atoms with Crippen LogP contribution in [0.3, 0.4) is 0 Å². The number of rotatable bonds is 10. The zero-order valence-corrected chi connectivity index (χ0v) is 14.9. The van der Waals surface area contributed by atoms with Crippen LogP contribution in [0.25, 0.3) is 0 Å². The normalized spacial score (nSPS) is 21.1. The average Bonchev–Trinajstić information content (AvgIpc) is 2.57. The summed E-state index contributed by atoms with van der Waals surface area (Å²) in [6, 6.07) is 9.65. The summed E-state index contributed by atoms with van der Waals surface area (Å²) in [6.07, 6.45) is 10.3. The Morgan fingerprint density at radius 1 is 1.09 bits per heavy atom. The van der Waals surface area contributed by atoms with Gasteiger partial charge in [0, 0.05) is 24.3 Å². The van der Waals surface area contributed by atoms with E-state index >= 15 is 0 Å². The van der Waals surface area contributed by atoms with Gasteiger partial charge < -0.3 is 15.4 Å². The van der Waals surface area contributed by atoms with E-state index in [1.807, 2.05) is 0 Å². The molecule has 0 radical (unpaired) electrons. The summed E-state index contributed by atoms with van der Waals surface area (Å²) in [5.74, 6) is 0.982. The van der Waals surface area contributed by atoms with Crippen LogP contribution in [0.1, 0.15) is 65.2 Å². The van der Waals surface area contributed by atoms with Crippen LogP contribution in [-0.2, 0) is 0 Å². The van der Waals surface area contributed by atoms with Crippen molar-refractivity contribution < 1.29 is 4.74 Å². The lowest BCUT2D eigenvalue weighted by atomic mass is 9.99. The van der Waals surface area contributed by atoms with E-state index in [4.69, 9.17) is 4.74 Å². The van der Waals surface area contributed by atoms with Crippen molar-refractivity contribution in [2.75, 3.05) is 18.5 Å². The van der Waals surface area contributed by atoms with E-state index in [1.165, 1.54) is 50.6 Å². The van der Waals surface area contributed by atoms with E-state index in [-0.39, 0.29) is 0 Å². The Balaban J connectivity index is 1.62. The third kappa shape index (κ3) is 7.26. The largest absolute Gasteiger partial charge is 0.494 e. The van der Waals surface area contributed by atoms with Crippen LogP contribution in [0.15, 0.2) is 24.3 Å². The summed E-state index contributed by atoms with van der Waals surface area (Å²) in [6.45, 7) is 6.36. The Labute approximate surface area is 142 Å². The summed E-state index contributed by atoms with van der Waals surface area (Å²) in [4.78, 5) is 0. The summed E-state index contributed by atoms with van der Waals surface area (Å²) < 4.78 is 5.81. The summed E-state index contributed by atoms with van der Waals surface area (Å²) in [7, 11) is 0. The topological polar surface area (TPSA) is 33.3 Å². The molecule has 3 heteroatoms. The third-order valence-electron chi connectivity index (χ3n) is 4.63. The van der Waals surface area contributed by atoms with Gasteiger partial charge in [-0.1, -0.05) is 39.0 Å². The number of nitrogens with one attached hydrogen (secondary N) is 2. The molecule has 0 saturated carbocycles. The summed E-state index contributed by atoms with van der Waals surface area (Å²) in [5, 5.41) is 7.19. The fourth-order valence-electron chi connectivity index (χ4n) is 3.21. The first-order valence-electron chi connectivity index (χ1n) is 9.50. The zero-order chi connectivity index (χ0) is 16.3. The smallest absolute Gasteiger partial charge is 0.119 e. The van der Waals surface area contributed by atoms with Gasteiger partial charge in [0.05, 0.1) is 6.61 Å². The van der Waals surface area contributed by atoms with Gasteiger partial charge in [-0.05, 0) is 50.5 Å². The first kappa shape index (κ1) is 18.1. The molecule has 1 aromatic rings. The first-order valence-corrected chi connectivity index (χ1v) is 9.50. The Morgan fingerprint density at radius 2 is 1.87 bits per heavy atom. The molecule has 130 valence electrons. The number of piperidine rings is 1. The second-order valence-electron chi connectivity index (χ2n) is 6.86. The van der Waals surface area contributed by atoms with Crippen molar-refractivity contribution in [2.45, 2.75) is 77.3 Å². The standard InChI is InChI=1S/C20H34N2O/c1-3-4-5-6-7-15-23-20-13-11-18(12-14-20)21-16-19-10-8-9-17(2)22-19/h11-14,17,19,21-22H,3-10,15-16H2,1-2H3. The summed E-state index contributed by atoms with van der Waals surface area (Å²) >= 11 is 0. The van der Waals surface area contributed by atoms with E-state index in [0.717, 1.165) is 25.3 Å². The molecule has 2 atom stereocenters. The van der Waals surface area contributed by atoms with Crippen molar-refractivity contribution in [3.8, 4) is 5.75 Å². The molecule has 0 aliphatic carbocycles. The van der Waals surface area contributed by atoms with Crippen LogP contribution in [0.2, 0.25) is 0 Å². The predicted octanol–water partition coefficient (Wildman–Crippen LogP) is 4.98. The molecule has 0 spiro atoms. The minimum atomic E-state index is 0.595. The molecule has 1 aliphatic heterocycles. The molecular formula is C20H34N2O. The van der Waals surface area contributed by atoms with Gasteiger partial charge in [0.1, 0.15) is 5.75 Å². The highest BCUT2D eigenvalue weighted by molar-refractivity contribution is 5.46. The van der Waals surface area contributed by atoms with Gasteiger partial charge in [-0.2, -0.15) is 0 Å². The predicted molar refractivity (Wildman–Crippen MR) is 99.4 cm³/mol. The molecule has 2 N–H and O–H groups in total. The van der Waals surface area contributed by atoms with Crippen LogP contribution in [0, 0.1) is 0 Å². The van der Waals surface area contributed by atoms with E-state index in [2.05, 4.69) is 48.7 Å². The molecule has 1 aromatic carbocycles. The monoisotopic (exact) mass is 318 g/mol. The molecule has 2 rings (SSSR count). The fraction of sp³-hybridized carbons (Fsp3) is 0.700. The van der Waals surface area contributed by atoms with Gasteiger partial charge in [-0.15, -0.1) is 0 Å². The molecule has 0 bridgehead atoms. The van der Waals surface area contributed by atoms with Crippen molar-refractivity contribution in [2.24, 2.45) is 0 Å². The van der Waals surface area contributed by atoms with E-state index in [9.17, 15) is 0 Å². The van der Waals surface area contributed by atoms with E-state index < -0.39 is 0 Å². The van der Waals surface area contributed by atoms with E-state index in [0.29, 0.717) is 12.1 Å². The SMILES string of the molecule is CCCCCCCOc1ccc(NCC2CCCC(C)N2)cc1. The maximum atomic E-state index is 5.81. The highest BCUT2D eigenvalue weighted by atomic mass is 16.5. The van der Waals surface area contributed by atoms with Crippen molar-refractivity contribution in [3.05, 3.63) is 24.3 Å². The minimum absolute atomic E-state index is 0.595. The number of hydrogen-bond acceptors (Lipinski definition) is 3. The Morgan fingerprint density at radius 3 is 2.61 bits per heavy atom. The molecule has 0 amide bonds. The van der Waals surface area contributed by atoms with Gasteiger partial charge in [0.25, 0.3) is 0 Å². The van der Waals surface area contributed by atoms with Crippen LogP contribution in [-0.4, -0.2) is 25.2 Å². The Kier molecular flexibility index (Phi) is 8.30. The van der Waals surface area contributed by atoms with Gasteiger partial charge in [-0.25, -0.2) is 0 Å². The molecule has 1 fully saturated rings. The zero-order valence-electron chi connectivity index (χ0n) is 14.9. The number of hydrogen-bond donors (Lipinski definition) is 2. The lowest BCUT2D eigenvalue weighted by molar-refractivity contribution is 0.304. The lowest BCUT2D eigenvalue weighted by Crippen LogP contribution is -2.44. The quantitative estimate of drug-likeness (QED) is 0.597. The van der Waals surface area contributed by atoms with Crippen molar-refractivity contribution >= 4 is 5.69 Å². The van der Waals surface area contributed by atoms with Crippen LogP contribution in [0.5, 0.6) is 5.75 Å². The number of unbranched alkanes of at least 4 members (excludes halogenated alkanes) is 4. The van der Waals surface area contributed by atoms with Crippen LogP contribution in [0.4, 0.5) is 5.69 Å². The maximum absolute atomic E-state index is 5.81. The second-order valence-corrected chi connectivity index (χ2v) is 6.86. The molecule has 23 heavy (non-hydrogen) atoms. The first-order chi connectivity index (χ1) is 11.3.